The Morgan fingerprint density at radius 1 is 1.63 bits per heavy atom. The normalized spacial score (nSPS) is 23.4. The third-order valence-corrected chi connectivity index (χ3v) is 4.38. The Bertz CT molecular complexity index is 435. The van der Waals surface area contributed by atoms with Crippen molar-refractivity contribution in [2.75, 3.05) is 18.5 Å². The number of hydrogen-bond donors (Lipinski definition) is 1. The van der Waals surface area contributed by atoms with Gasteiger partial charge in [-0.05, 0) is 20.3 Å². The van der Waals surface area contributed by atoms with E-state index in [-0.39, 0.29) is 18.2 Å². The van der Waals surface area contributed by atoms with Gasteiger partial charge in [-0.2, -0.15) is 0 Å². The number of nitrogens with one attached hydrogen (secondary N) is 1. The average molecular weight is 283 g/mol. The van der Waals surface area contributed by atoms with Gasteiger partial charge in [-0.3, -0.25) is 5.32 Å². The lowest BCUT2D eigenvalue weighted by Crippen LogP contribution is -2.52. The van der Waals surface area contributed by atoms with Gasteiger partial charge in [-0.15, -0.1) is 11.3 Å². The smallest absolute Gasteiger partial charge is 0.324 e. The minimum absolute atomic E-state index is 0.0754. The maximum absolute atomic E-state index is 12.2. The molecular formula is C13H21N3O2S. The minimum Gasteiger partial charge on any atom is -0.375 e. The van der Waals surface area contributed by atoms with Gasteiger partial charge in [-0.25, -0.2) is 9.78 Å². The number of hydrogen-bond acceptors (Lipinski definition) is 4. The first-order valence-corrected chi connectivity index (χ1v) is 7.57. The number of carbonyl (C=O) groups is 1. The van der Waals surface area contributed by atoms with E-state index in [4.69, 9.17) is 4.74 Å². The molecule has 2 atom stereocenters. The Hall–Kier alpha value is -1.14. The van der Waals surface area contributed by atoms with Crippen LogP contribution in [0.3, 0.4) is 0 Å². The summed E-state index contributed by atoms with van der Waals surface area (Å²) < 4.78 is 5.52. The summed E-state index contributed by atoms with van der Waals surface area (Å²) in [6, 6.07) is 0.00359. The number of anilines is 1. The third-order valence-electron chi connectivity index (χ3n) is 3.41. The Labute approximate surface area is 118 Å². The van der Waals surface area contributed by atoms with Crippen LogP contribution in [-0.2, 0) is 11.2 Å². The summed E-state index contributed by atoms with van der Waals surface area (Å²) in [6.07, 6.45) is 4.02. The first-order chi connectivity index (χ1) is 9.11. The molecule has 1 saturated heterocycles. The van der Waals surface area contributed by atoms with Crippen LogP contribution in [-0.4, -0.2) is 41.2 Å². The summed E-state index contributed by atoms with van der Waals surface area (Å²) in [4.78, 5) is 19.5. The van der Waals surface area contributed by atoms with Crippen LogP contribution in [0.2, 0.25) is 0 Å². The van der Waals surface area contributed by atoms with Crippen LogP contribution in [0, 0.1) is 0 Å². The number of amides is 2. The molecule has 2 amide bonds. The zero-order chi connectivity index (χ0) is 13.8. The van der Waals surface area contributed by atoms with Crippen molar-refractivity contribution in [3.8, 4) is 0 Å². The lowest BCUT2D eigenvalue weighted by atomic mass is 10.1. The minimum atomic E-state index is -0.0833. The number of carbonyl (C=O) groups excluding carboxylic acids is 1. The van der Waals surface area contributed by atoms with Crippen LogP contribution in [0.15, 0.2) is 6.20 Å². The van der Waals surface area contributed by atoms with E-state index >= 15 is 0 Å². The van der Waals surface area contributed by atoms with Crippen molar-refractivity contribution in [3.05, 3.63) is 11.1 Å². The fourth-order valence-electron chi connectivity index (χ4n) is 2.11. The molecule has 1 aliphatic rings. The number of rotatable bonds is 3. The van der Waals surface area contributed by atoms with Gasteiger partial charge in [0.2, 0.25) is 0 Å². The molecule has 0 spiro atoms. The molecule has 1 N–H and O–H groups in total. The van der Waals surface area contributed by atoms with Crippen molar-refractivity contribution in [2.45, 2.75) is 45.8 Å². The van der Waals surface area contributed by atoms with E-state index < -0.39 is 0 Å². The van der Waals surface area contributed by atoms with Crippen LogP contribution in [0.5, 0.6) is 0 Å². The largest absolute Gasteiger partial charge is 0.375 e. The molecule has 1 aromatic rings. The summed E-state index contributed by atoms with van der Waals surface area (Å²) in [7, 11) is 0. The second-order valence-corrected chi connectivity index (χ2v) is 5.94. The Kier molecular flexibility index (Phi) is 4.76. The number of thiazole rings is 1. The molecule has 0 unspecified atom stereocenters. The monoisotopic (exact) mass is 283 g/mol. The Morgan fingerprint density at radius 2 is 2.42 bits per heavy atom. The highest BCUT2D eigenvalue weighted by atomic mass is 32.1. The van der Waals surface area contributed by atoms with Crippen LogP contribution in [0.4, 0.5) is 9.93 Å². The number of aromatic nitrogens is 1. The van der Waals surface area contributed by atoms with Crippen LogP contribution >= 0.6 is 11.3 Å². The summed E-state index contributed by atoms with van der Waals surface area (Å²) in [5, 5.41) is 3.56. The number of urea groups is 1. The molecule has 0 radical (unpaired) electrons. The van der Waals surface area contributed by atoms with E-state index in [1.165, 1.54) is 4.88 Å². The molecule has 1 aliphatic heterocycles. The van der Waals surface area contributed by atoms with Gasteiger partial charge in [0.1, 0.15) is 0 Å². The van der Waals surface area contributed by atoms with E-state index in [1.807, 2.05) is 24.9 Å². The zero-order valence-corrected chi connectivity index (χ0v) is 12.5. The fraction of sp³-hybridized carbons (Fsp3) is 0.692. The van der Waals surface area contributed by atoms with E-state index in [9.17, 15) is 4.79 Å². The quantitative estimate of drug-likeness (QED) is 0.928. The van der Waals surface area contributed by atoms with Crippen molar-refractivity contribution in [3.63, 3.8) is 0 Å². The molecule has 2 rings (SSSR count). The highest BCUT2D eigenvalue weighted by Crippen LogP contribution is 2.21. The van der Waals surface area contributed by atoms with Crippen molar-refractivity contribution in [2.24, 2.45) is 0 Å². The molecule has 19 heavy (non-hydrogen) atoms. The van der Waals surface area contributed by atoms with Crippen molar-refractivity contribution in [1.82, 2.24) is 9.88 Å². The molecule has 0 aromatic carbocycles. The summed E-state index contributed by atoms with van der Waals surface area (Å²) in [5.74, 6) is 0. The van der Waals surface area contributed by atoms with Crippen LogP contribution in [0.1, 0.15) is 32.1 Å². The molecule has 6 heteroatoms. The van der Waals surface area contributed by atoms with E-state index in [1.54, 1.807) is 11.3 Å². The summed E-state index contributed by atoms with van der Waals surface area (Å²) in [6.45, 7) is 7.36. The van der Waals surface area contributed by atoms with E-state index in [0.29, 0.717) is 18.3 Å². The van der Waals surface area contributed by atoms with Crippen LogP contribution in [0.25, 0.3) is 0 Å². The fourth-order valence-corrected chi connectivity index (χ4v) is 3.01. The highest BCUT2D eigenvalue weighted by molar-refractivity contribution is 7.15. The number of nitrogens with zero attached hydrogens (tertiary/aromatic N) is 2. The number of aryl methyl sites for hydroxylation is 1. The van der Waals surface area contributed by atoms with Gasteiger partial charge in [0.05, 0.1) is 18.8 Å². The van der Waals surface area contributed by atoms with Gasteiger partial charge in [0.15, 0.2) is 5.13 Å². The van der Waals surface area contributed by atoms with Gasteiger partial charge in [-0.1, -0.05) is 13.3 Å². The first-order valence-electron chi connectivity index (χ1n) is 6.75. The van der Waals surface area contributed by atoms with E-state index in [0.717, 1.165) is 12.8 Å². The van der Waals surface area contributed by atoms with Gasteiger partial charge in [0.25, 0.3) is 0 Å². The lowest BCUT2D eigenvalue weighted by molar-refractivity contribution is -0.0355. The van der Waals surface area contributed by atoms with Crippen molar-refractivity contribution < 1.29 is 9.53 Å². The second kappa shape index (κ2) is 6.34. The van der Waals surface area contributed by atoms with Crippen LogP contribution < -0.4 is 5.32 Å². The molecule has 0 saturated carbocycles. The molecule has 2 heterocycles. The first kappa shape index (κ1) is 14.3. The summed E-state index contributed by atoms with van der Waals surface area (Å²) in [5.41, 5.74) is 0. The molecule has 1 aromatic heterocycles. The third kappa shape index (κ3) is 3.45. The molecule has 0 bridgehead atoms. The predicted molar refractivity (Wildman–Crippen MR) is 76.7 cm³/mol. The lowest BCUT2D eigenvalue weighted by Gasteiger charge is -2.37. The van der Waals surface area contributed by atoms with Gasteiger partial charge < -0.3 is 9.64 Å². The molecule has 1 fully saturated rings. The van der Waals surface area contributed by atoms with E-state index in [2.05, 4.69) is 17.2 Å². The average Bonchev–Trinajstić information content (AvgIpc) is 2.80. The maximum atomic E-state index is 12.2. The number of morpholine rings is 1. The Morgan fingerprint density at radius 3 is 3.16 bits per heavy atom. The molecule has 0 aliphatic carbocycles. The zero-order valence-electron chi connectivity index (χ0n) is 11.7. The standard InChI is InChI=1S/C13H21N3O2S/c1-4-5-11-8-14-12(19-11)15-13(17)16-6-7-18-10(3)9(16)2/h8-10H,4-7H2,1-3H3,(H,14,15,17)/t9-,10-/m0/s1. The number of ether oxygens (including phenoxy) is 1. The predicted octanol–water partition coefficient (Wildman–Crippen LogP) is 2.74. The molecule has 5 nitrogen and oxygen atoms in total. The Balaban J connectivity index is 1.95. The summed E-state index contributed by atoms with van der Waals surface area (Å²) >= 11 is 1.55. The van der Waals surface area contributed by atoms with Gasteiger partial charge >= 0.3 is 6.03 Å². The SMILES string of the molecule is CCCc1cnc(NC(=O)N2CCO[C@@H](C)[C@@H]2C)s1. The second-order valence-electron chi connectivity index (χ2n) is 4.82. The van der Waals surface area contributed by atoms with Crippen molar-refractivity contribution >= 4 is 22.5 Å². The topological polar surface area (TPSA) is 54.5 Å². The van der Waals surface area contributed by atoms with Crippen molar-refractivity contribution in [1.29, 1.82) is 0 Å². The highest BCUT2D eigenvalue weighted by Gasteiger charge is 2.29. The molecular weight excluding hydrogens is 262 g/mol. The molecule has 106 valence electrons. The van der Waals surface area contributed by atoms with Gasteiger partial charge in [0, 0.05) is 17.6 Å². The maximum Gasteiger partial charge on any atom is 0.324 e.